The summed E-state index contributed by atoms with van der Waals surface area (Å²) < 4.78 is 0. The predicted octanol–water partition coefficient (Wildman–Crippen LogP) is 1.05. The van der Waals surface area contributed by atoms with E-state index in [0.717, 1.165) is 5.56 Å². The zero-order chi connectivity index (χ0) is 13.4. The molecule has 0 saturated carbocycles. The highest BCUT2D eigenvalue weighted by atomic mass is 17.2. The minimum absolute atomic E-state index is 0.144. The van der Waals surface area contributed by atoms with Gasteiger partial charge in [0, 0.05) is 0 Å². The van der Waals surface area contributed by atoms with E-state index in [-0.39, 0.29) is 6.42 Å². The molecule has 0 heterocycles. The van der Waals surface area contributed by atoms with Crippen LogP contribution in [0.3, 0.4) is 0 Å². The molecule has 18 heavy (non-hydrogen) atoms. The van der Waals surface area contributed by atoms with Gasteiger partial charge in [0.25, 0.3) is 0 Å². The molecule has 0 bridgehead atoms. The van der Waals surface area contributed by atoms with Gasteiger partial charge in [-0.15, -0.1) is 0 Å². The van der Waals surface area contributed by atoms with E-state index in [0.29, 0.717) is 0 Å². The maximum absolute atomic E-state index is 11.6. The average molecular weight is 254 g/mol. The smallest absolute Gasteiger partial charge is 0.298 e. The zero-order valence-electron chi connectivity index (χ0n) is 10.1. The second-order valence-electron chi connectivity index (χ2n) is 3.38. The number of hydrogen-bond acceptors (Lipinski definition) is 6. The van der Waals surface area contributed by atoms with Gasteiger partial charge in [-0.25, -0.2) is 9.59 Å². The molecule has 0 radical (unpaired) electrons. The number of carbonyl (C=O) groups is 2. The molecular weight excluding hydrogens is 240 g/mol. The fraction of sp³-hybridized carbons (Fsp3) is 0.333. The van der Waals surface area contributed by atoms with Crippen LogP contribution in [0.15, 0.2) is 30.3 Å². The third-order valence-corrected chi connectivity index (χ3v) is 2.18. The lowest BCUT2D eigenvalue weighted by molar-refractivity contribution is -0.273. The van der Waals surface area contributed by atoms with Crippen molar-refractivity contribution < 1.29 is 29.1 Å². The molecule has 1 aromatic rings. The van der Waals surface area contributed by atoms with Crippen LogP contribution in [-0.2, 0) is 35.6 Å². The Morgan fingerprint density at radius 3 is 1.94 bits per heavy atom. The molecule has 0 aliphatic rings. The Hall–Kier alpha value is -1.92. The molecule has 0 N–H and O–H groups in total. The molecular formula is C12H14O6. The van der Waals surface area contributed by atoms with E-state index in [9.17, 15) is 9.59 Å². The van der Waals surface area contributed by atoms with Crippen LogP contribution in [-0.4, -0.2) is 26.2 Å². The minimum atomic E-state index is -1.13. The number of carbonyl (C=O) groups excluding carboxylic acids is 2. The Balaban J connectivity index is 2.77. The summed E-state index contributed by atoms with van der Waals surface area (Å²) >= 11 is 0. The third kappa shape index (κ3) is 4.15. The summed E-state index contributed by atoms with van der Waals surface area (Å²) in [6, 6.07) is 9.01. The molecule has 0 fully saturated rings. The van der Waals surface area contributed by atoms with Gasteiger partial charge >= 0.3 is 11.9 Å². The van der Waals surface area contributed by atoms with E-state index >= 15 is 0 Å². The highest BCUT2D eigenvalue weighted by Gasteiger charge is 2.31. The fourth-order valence-electron chi connectivity index (χ4n) is 1.39. The minimum Gasteiger partial charge on any atom is -0.298 e. The Labute approximate surface area is 104 Å². The van der Waals surface area contributed by atoms with Crippen molar-refractivity contribution in [1.82, 2.24) is 0 Å². The number of hydrogen-bond donors (Lipinski definition) is 0. The summed E-state index contributed by atoms with van der Waals surface area (Å²) in [6.07, 6.45) is 0.144. The number of rotatable bonds is 6. The fourth-order valence-corrected chi connectivity index (χ4v) is 1.39. The van der Waals surface area contributed by atoms with Crippen LogP contribution in [0.1, 0.15) is 5.56 Å². The first kappa shape index (κ1) is 14.1. The molecule has 1 aromatic carbocycles. The molecule has 6 heteroatoms. The molecule has 98 valence electrons. The summed E-state index contributed by atoms with van der Waals surface area (Å²) in [7, 11) is 2.36. The van der Waals surface area contributed by atoms with Gasteiger partial charge < -0.3 is 0 Å². The predicted molar refractivity (Wildman–Crippen MR) is 59.8 cm³/mol. The monoisotopic (exact) mass is 254 g/mol. The van der Waals surface area contributed by atoms with Crippen LogP contribution in [0, 0.1) is 5.92 Å². The summed E-state index contributed by atoms with van der Waals surface area (Å²) in [5.41, 5.74) is 0.795. The SMILES string of the molecule is COOC(=O)C(Cc1ccccc1)C(=O)OOC. The molecule has 0 spiro atoms. The highest BCUT2D eigenvalue weighted by Crippen LogP contribution is 2.12. The quantitative estimate of drug-likeness (QED) is 0.429. The van der Waals surface area contributed by atoms with Gasteiger partial charge in [-0.3, -0.25) is 9.78 Å². The van der Waals surface area contributed by atoms with Gasteiger partial charge in [-0.05, 0) is 12.0 Å². The molecule has 0 aliphatic heterocycles. The van der Waals surface area contributed by atoms with E-state index in [1.807, 2.05) is 6.07 Å². The van der Waals surface area contributed by atoms with Gasteiger partial charge in [0.1, 0.15) is 0 Å². The Morgan fingerprint density at radius 1 is 1.00 bits per heavy atom. The topological polar surface area (TPSA) is 71.1 Å². The average Bonchev–Trinajstić information content (AvgIpc) is 2.37. The lowest BCUT2D eigenvalue weighted by Gasteiger charge is -2.11. The van der Waals surface area contributed by atoms with Crippen LogP contribution in [0.2, 0.25) is 0 Å². The lowest BCUT2D eigenvalue weighted by Crippen LogP contribution is -2.29. The molecule has 0 atom stereocenters. The second kappa shape index (κ2) is 7.41. The van der Waals surface area contributed by atoms with Crippen LogP contribution >= 0.6 is 0 Å². The standard InChI is InChI=1S/C12H14O6/c1-15-17-11(13)10(12(14)18-16-2)8-9-6-4-3-5-7-9/h3-7,10H,8H2,1-2H3. The van der Waals surface area contributed by atoms with Gasteiger partial charge in [-0.2, -0.15) is 9.78 Å². The Kier molecular flexibility index (Phi) is 5.83. The molecule has 0 amide bonds. The third-order valence-electron chi connectivity index (χ3n) is 2.18. The molecule has 0 unspecified atom stereocenters. The lowest BCUT2D eigenvalue weighted by atomic mass is 10.00. The van der Waals surface area contributed by atoms with Gasteiger partial charge in [0.2, 0.25) is 0 Å². The van der Waals surface area contributed by atoms with Crippen molar-refractivity contribution >= 4 is 11.9 Å². The second-order valence-corrected chi connectivity index (χ2v) is 3.38. The van der Waals surface area contributed by atoms with Crippen molar-refractivity contribution in [2.45, 2.75) is 6.42 Å². The Bertz CT molecular complexity index is 371. The van der Waals surface area contributed by atoms with Crippen molar-refractivity contribution in [2.75, 3.05) is 14.2 Å². The highest BCUT2D eigenvalue weighted by molar-refractivity contribution is 5.94. The van der Waals surface area contributed by atoms with E-state index in [1.54, 1.807) is 24.3 Å². The normalized spacial score (nSPS) is 10.2. The van der Waals surface area contributed by atoms with Crippen molar-refractivity contribution in [1.29, 1.82) is 0 Å². The first-order chi connectivity index (χ1) is 8.69. The van der Waals surface area contributed by atoms with Gasteiger partial charge in [0.05, 0.1) is 14.2 Å². The van der Waals surface area contributed by atoms with Gasteiger partial charge in [-0.1, -0.05) is 30.3 Å². The van der Waals surface area contributed by atoms with E-state index in [2.05, 4.69) is 19.6 Å². The maximum atomic E-state index is 11.6. The molecule has 1 rings (SSSR count). The summed E-state index contributed by atoms with van der Waals surface area (Å²) in [6.45, 7) is 0. The van der Waals surface area contributed by atoms with Crippen LogP contribution in [0.4, 0.5) is 0 Å². The van der Waals surface area contributed by atoms with Crippen molar-refractivity contribution in [3.05, 3.63) is 35.9 Å². The summed E-state index contributed by atoms with van der Waals surface area (Å²) in [5, 5.41) is 0. The first-order valence-corrected chi connectivity index (χ1v) is 5.22. The molecule has 0 aliphatic carbocycles. The first-order valence-electron chi connectivity index (χ1n) is 5.22. The van der Waals surface area contributed by atoms with E-state index in [4.69, 9.17) is 0 Å². The van der Waals surface area contributed by atoms with E-state index < -0.39 is 17.9 Å². The molecule has 0 aromatic heterocycles. The van der Waals surface area contributed by atoms with Crippen molar-refractivity contribution in [3.8, 4) is 0 Å². The van der Waals surface area contributed by atoms with Gasteiger partial charge in [0.15, 0.2) is 5.92 Å². The number of benzene rings is 1. The molecule has 0 saturated heterocycles. The van der Waals surface area contributed by atoms with Crippen LogP contribution in [0.5, 0.6) is 0 Å². The zero-order valence-corrected chi connectivity index (χ0v) is 10.1. The van der Waals surface area contributed by atoms with Crippen molar-refractivity contribution in [2.24, 2.45) is 5.92 Å². The van der Waals surface area contributed by atoms with E-state index in [1.165, 1.54) is 14.2 Å². The Morgan fingerprint density at radius 2 is 1.50 bits per heavy atom. The van der Waals surface area contributed by atoms with Crippen molar-refractivity contribution in [3.63, 3.8) is 0 Å². The summed E-state index contributed by atoms with van der Waals surface area (Å²) in [4.78, 5) is 40.3. The largest absolute Gasteiger partial charge is 0.357 e. The molecule has 6 nitrogen and oxygen atoms in total. The van der Waals surface area contributed by atoms with Crippen LogP contribution in [0.25, 0.3) is 0 Å². The summed E-state index contributed by atoms with van der Waals surface area (Å²) in [5.74, 6) is -2.79. The maximum Gasteiger partial charge on any atom is 0.357 e. The van der Waals surface area contributed by atoms with Crippen LogP contribution < -0.4 is 0 Å².